The van der Waals surface area contributed by atoms with Gasteiger partial charge in [0.05, 0.1) is 0 Å². The molecule has 22 heavy (non-hydrogen) atoms. The summed E-state index contributed by atoms with van der Waals surface area (Å²) in [6.45, 7) is 2.60. The van der Waals surface area contributed by atoms with Gasteiger partial charge in [-0.1, -0.05) is 15.9 Å². The lowest BCUT2D eigenvalue weighted by Gasteiger charge is -2.30. The molecule has 0 unspecified atom stereocenters. The van der Waals surface area contributed by atoms with Crippen LogP contribution in [0, 0.1) is 12.8 Å². The molecule has 1 aliphatic heterocycles. The molecule has 3 amide bonds. The Morgan fingerprint density at radius 1 is 1.27 bits per heavy atom. The number of amides is 3. The number of halogens is 1. The normalized spacial score (nSPS) is 15.5. The number of aryl methyl sites for hydroxylation is 1. The van der Waals surface area contributed by atoms with Gasteiger partial charge in [-0.05, 0) is 43.5 Å². The van der Waals surface area contributed by atoms with Gasteiger partial charge in [-0.15, -0.1) is 0 Å². The number of nitrogens with two attached hydrogens (primary N) is 1. The largest absolute Gasteiger partial charge is 0.369 e. The summed E-state index contributed by atoms with van der Waals surface area (Å²) in [6.07, 6.45) is 1.01. The van der Waals surface area contributed by atoms with Gasteiger partial charge in [0.25, 0.3) is 0 Å². The van der Waals surface area contributed by atoms with Crippen LogP contribution in [0.4, 0.5) is 5.69 Å². The van der Waals surface area contributed by atoms with E-state index >= 15 is 0 Å². The first kappa shape index (κ1) is 16.5. The Morgan fingerprint density at radius 3 is 2.45 bits per heavy atom. The highest BCUT2D eigenvalue weighted by atomic mass is 79.9. The topological polar surface area (TPSA) is 92.5 Å². The Kier molecular flexibility index (Phi) is 5.18. The van der Waals surface area contributed by atoms with Crippen LogP contribution < -0.4 is 11.1 Å². The monoisotopic (exact) mass is 367 g/mol. The van der Waals surface area contributed by atoms with Gasteiger partial charge in [0.15, 0.2) is 0 Å². The van der Waals surface area contributed by atoms with E-state index in [0.717, 1.165) is 10.0 Å². The second-order valence-electron chi connectivity index (χ2n) is 5.38. The first-order valence-corrected chi connectivity index (χ1v) is 7.83. The van der Waals surface area contributed by atoms with E-state index in [1.807, 2.05) is 13.0 Å². The van der Waals surface area contributed by atoms with Crippen molar-refractivity contribution in [2.75, 3.05) is 18.4 Å². The first-order valence-electron chi connectivity index (χ1n) is 7.04. The van der Waals surface area contributed by atoms with Crippen molar-refractivity contribution >= 4 is 39.3 Å². The number of piperidine rings is 1. The summed E-state index contributed by atoms with van der Waals surface area (Å²) < 4.78 is 0.905. The van der Waals surface area contributed by atoms with Crippen molar-refractivity contribution in [1.29, 1.82) is 0 Å². The van der Waals surface area contributed by atoms with Crippen molar-refractivity contribution in [2.24, 2.45) is 11.7 Å². The highest BCUT2D eigenvalue weighted by molar-refractivity contribution is 9.10. The van der Waals surface area contributed by atoms with Crippen LogP contribution >= 0.6 is 15.9 Å². The summed E-state index contributed by atoms with van der Waals surface area (Å²) in [5, 5.41) is 2.63. The predicted molar refractivity (Wildman–Crippen MR) is 86.0 cm³/mol. The number of carbonyl (C=O) groups excluding carboxylic acids is 3. The molecule has 118 valence electrons. The predicted octanol–water partition coefficient (Wildman–Crippen LogP) is 1.42. The maximum atomic E-state index is 12.1. The number of primary amides is 1. The second kappa shape index (κ2) is 6.91. The van der Waals surface area contributed by atoms with Crippen LogP contribution in [0.25, 0.3) is 0 Å². The average molecular weight is 368 g/mol. The number of nitrogens with one attached hydrogen (secondary N) is 1. The van der Waals surface area contributed by atoms with E-state index in [0.29, 0.717) is 31.6 Å². The quantitative estimate of drug-likeness (QED) is 0.774. The third-order valence-corrected chi connectivity index (χ3v) is 4.31. The van der Waals surface area contributed by atoms with E-state index in [1.165, 1.54) is 4.90 Å². The summed E-state index contributed by atoms with van der Waals surface area (Å²) in [5.41, 5.74) is 6.72. The van der Waals surface area contributed by atoms with Crippen LogP contribution in [0.3, 0.4) is 0 Å². The highest BCUT2D eigenvalue weighted by Gasteiger charge is 2.29. The molecule has 6 nitrogen and oxygen atoms in total. The molecule has 2 rings (SSSR count). The number of hydrogen-bond acceptors (Lipinski definition) is 3. The number of anilines is 1. The zero-order valence-electron chi connectivity index (χ0n) is 12.3. The molecule has 0 aliphatic carbocycles. The fraction of sp³-hybridized carbons (Fsp3) is 0.400. The Balaban J connectivity index is 1.95. The minimum absolute atomic E-state index is 0.208. The van der Waals surface area contributed by atoms with Gasteiger partial charge >= 0.3 is 11.8 Å². The fourth-order valence-electron chi connectivity index (χ4n) is 2.45. The molecule has 0 spiro atoms. The number of nitrogens with zero attached hydrogens (tertiary/aromatic N) is 1. The summed E-state index contributed by atoms with van der Waals surface area (Å²) in [7, 11) is 0. The van der Waals surface area contributed by atoms with Gasteiger partial charge < -0.3 is 16.0 Å². The molecule has 1 saturated heterocycles. The molecule has 1 heterocycles. The van der Waals surface area contributed by atoms with Gasteiger partial charge in [0.2, 0.25) is 5.91 Å². The van der Waals surface area contributed by atoms with E-state index in [1.54, 1.807) is 12.1 Å². The minimum Gasteiger partial charge on any atom is -0.369 e. The second-order valence-corrected chi connectivity index (χ2v) is 6.30. The summed E-state index contributed by atoms with van der Waals surface area (Å²) in [5.74, 6) is -1.80. The third-order valence-electron chi connectivity index (χ3n) is 3.82. The van der Waals surface area contributed by atoms with Crippen molar-refractivity contribution in [2.45, 2.75) is 19.8 Å². The zero-order valence-corrected chi connectivity index (χ0v) is 13.9. The minimum atomic E-state index is -0.664. The molecule has 0 saturated carbocycles. The molecule has 7 heteroatoms. The number of hydrogen-bond donors (Lipinski definition) is 2. The third kappa shape index (κ3) is 3.85. The van der Waals surface area contributed by atoms with E-state index in [-0.39, 0.29) is 11.8 Å². The molecule has 1 fully saturated rings. The number of carbonyl (C=O) groups is 3. The smallest absolute Gasteiger partial charge is 0.313 e. The Bertz CT molecular complexity index is 610. The number of likely N-dealkylation sites (tertiary alicyclic amines) is 1. The average Bonchev–Trinajstić information content (AvgIpc) is 2.49. The molecule has 1 aromatic rings. The van der Waals surface area contributed by atoms with Crippen LogP contribution in [0.5, 0.6) is 0 Å². The lowest BCUT2D eigenvalue weighted by atomic mass is 9.96. The summed E-state index contributed by atoms with van der Waals surface area (Å²) in [6, 6.07) is 5.40. The zero-order chi connectivity index (χ0) is 16.3. The lowest BCUT2D eigenvalue weighted by molar-refractivity contribution is -0.144. The molecular formula is C15H18BrN3O3. The van der Waals surface area contributed by atoms with Crippen LogP contribution in [-0.2, 0) is 14.4 Å². The highest BCUT2D eigenvalue weighted by Crippen LogP contribution is 2.21. The van der Waals surface area contributed by atoms with Gasteiger partial charge in [0, 0.05) is 29.2 Å². The number of benzene rings is 1. The number of rotatable bonds is 2. The van der Waals surface area contributed by atoms with Gasteiger partial charge in [-0.25, -0.2) is 0 Å². The Hall–Kier alpha value is -1.89. The SMILES string of the molecule is Cc1cc(Br)ccc1NC(=O)C(=O)N1CCC(C(N)=O)CC1. The Morgan fingerprint density at radius 2 is 1.91 bits per heavy atom. The van der Waals surface area contributed by atoms with Crippen LogP contribution in [0.1, 0.15) is 18.4 Å². The molecule has 1 aromatic carbocycles. The molecule has 0 radical (unpaired) electrons. The van der Waals surface area contributed by atoms with Crippen molar-refractivity contribution in [1.82, 2.24) is 4.90 Å². The fourth-order valence-corrected chi connectivity index (χ4v) is 2.93. The van der Waals surface area contributed by atoms with Crippen molar-refractivity contribution < 1.29 is 14.4 Å². The molecular weight excluding hydrogens is 350 g/mol. The van der Waals surface area contributed by atoms with E-state index in [4.69, 9.17) is 5.73 Å². The van der Waals surface area contributed by atoms with Gasteiger partial charge in [0.1, 0.15) is 0 Å². The summed E-state index contributed by atoms with van der Waals surface area (Å²) >= 11 is 3.35. The lowest BCUT2D eigenvalue weighted by Crippen LogP contribution is -2.46. The first-order chi connectivity index (χ1) is 10.4. The van der Waals surface area contributed by atoms with Crippen molar-refractivity contribution in [3.8, 4) is 0 Å². The van der Waals surface area contributed by atoms with Crippen LogP contribution in [0.15, 0.2) is 22.7 Å². The molecule has 0 aromatic heterocycles. The van der Waals surface area contributed by atoms with E-state index < -0.39 is 11.8 Å². The Labute approximate surface area is 137 Å². The van der Waals surface area contributed by atoms with Gasteiger partial charge in [-0.3, -0.25) is 14.4 Å². The van der Waals surface area contributed by atoms with Gasteiger partial charge in [-0.2, -0.15) is 0 Å². The molecule has 0 bridgehead atoms. The molecule has 0 atom stereocenters. The standard InChI is InChI=1S/C15H18BrN3O3/c1-9-8-11(16)2-3-12(9)18-14(21)15(22)19-6-4-10(5-7-19)13(17)20/h2-3,8,10H,4-7H2,1H3,(H2,17,20)(H,18,21). The molecule has 3 N–H and O–H groups in total. The molecule has 1 aliphatic rings. The van der Waals surface area contributed by atoms with E-state index in [9.17, 15) is 14.4 Å². The van der Waals surface area contributed by atoms with Crippen molar-refractivity contribution in [3.63, 3.8) is 0 Å². The van der Waals surface area contributed by atoms with E-state index in [2.05, 4.69) is 21.2 Å². The van der Waals surface area contributed by atoms with Crippen LogP contribution in [-0.4, -0.2) is 35.7 Å². The maximum absolute atomic E-state index is 12.1. The summed E-state index contributed by atoms with van der Waals surface area (Å²) in [4.78, 5) is 36.8. The van der Waals surface area contributed by atoms with Crippen LogP contribution in [0.2, 0.25) is 0 Å². The maximum Gasteiger partial charge on any atom is 0.313 e. The van der Waals surface area contributed by atoms with Crippen molar-refractivity contribution in [3.05, 3.63) is 28.2 Å².